The van der Waals surface area contributed by atoms with Gasteiger partial charge >= 0.3 is 0 Å². The molecule has 0 amide bonds. The normalized spacial score (nSPS) is 11.4. The summed E-state index contributed by atoms with van der Waals surface area (Å²) < 4.78 is 21.8. The van der Waals surface area contributed by atoms with E-state index in [9.17, 15) is 8.42 Å². The van der Waals surface area contributed by atoms with Crippen molar-refractivity contribution in [2.45, 2.75) is 19.8 Å². The molecule has 2 N–H and O–H groups in total. The molecular weight excluding hydrogens is 182 g/mol. The lowest BCUT2D eigenvalue weighted by molar-refractivity contribution is 0.595. The average molecular weight is 195 g/mol. The summed E-state index contributed by atoms with van der Waals surface area (Å²) in [5.74, 6) is 0.394. The van der Waals surface area contributed by atoms with E-state index < -0.39 is 9.84 Å². The lowest BCUT2D eigenvalue weighted by Gasteiger charge is -1.99. The molecular formula is C6H13NO2S2. The van der Waals surface area contributed by atoms with Crippen LogP contribution in [0, 0.1) is 0 Å². The fourth-order valence-electron chi connectivity index (χ4n) is 0.611. The molecule has 3 nitrogen and oxygen atoms in total. The van der Waals surface area contributed by atoms with Gasteiger partial charge in [0.1, 0.15) is 9.84 Å². The molecule has 0 aromatic rings. The Hall–Kier alpha value is -0.160. The van der Waals surface area contributed by atoms with E-state index in [1.165, 1.54) is 0 Å². The van der Waals surface area contributed by atoms with Crippen LogP contribution in [0.15, 0.2) is 0 Å². The summed E-state index contributed by atoms with van der Waals surface area (Å²) in [7, 11) is -2.83. The maximum absolute atomic E-state index is 10.9. The molecule has 0 heterocycles. The molecule has 0 saturated heterocycles. The SMILES string of the molecule is CCS(=O)(=O)CCCC(N)=S. The minimum Gasteiger partial charge on any atom is -0.393 e. The summed E-state index contributed by atoms with van der Waals surface area (Å²) >= 11 is 4.60. The molecule has 0 radical (unpaired) electrons. The maximum atomic E-state index is 10.9. The zero-order valence-electron chi connectivity index (χ0n) is 6.54. The number of hydrogen-bond donors (Lipinski definition) is 1. The van der Waals surface area contributed by atoms with Crippen LogP contribution in [0.3, 0.4) is 0 Å². The second-order valence-corrected chi connectivity index (χ2v) is 5.30. The van der Waals surface area contributed by atoms with Gasteiger partial charge in [0.15, 0.2) is 0 Å². The monoisotopic (exact) mass is 195 g/mol. The first-order valence-corrected chi connectivity index (χ1v) is 5.69. The van der Waals surface area contributed by atoms with Crippen LogP contribution in [0.2, 0.25) is 0 Å². The second-order valence-electron chi connectivity index (χ2n) is 2.31. The van der Waals surface area contributed by atoms with Gasteiger partial charge in [0.25, 0.3) is 0 Å². The minimum atomic E-state index is -2.83. The van der Waals surface area contributed by atoms with E-state index >= 15 is 0 Å². The van der Waals surface area contributed by atoms with Crippen LogP contribution in [0.4, 0.5) is 0 Å². The molecule has 0 aliphatic heterocycles. The molecule has 0 aliphatic rings. The van der Waals surface area contributed by atoms with Crippen molar-refractivity contribution in [3.63, 3.8) is 0 Å². The predicted molar refractivity (Wildman–Crippen MR) is 50.3 cm³/mol. The number of sulfone groups is 1. The molecule has 66 valence electrons. The van der Waals surface area contributed by atoms with Gasteiger partial charge in [-0.15, -0.1) is 0 Å². The van der Waals surface area contributed by atoms with Gasteiger partial charge in [-0.25, -0.2) is 8.42 Å². The minimum absolute atomic E-state index is 0.195. The van der Waals surface area contributed by atoms with Crippen LogP contribution in [0.1, 0.15) is 19.8 Å². The smallest absolute Gasteiger partial charge is 0.150 e. The summed E-state index contributed by atoms with van der Waals surface area (Å²) in [5, 5.41) is 0. The molecule has 0 atom stereocenters. The van der Waals surface area contributed by atoms with Crippen molar-refractivity contribution >= 4 is 27.0 Å². The van der Waals surface area contributed by atoms with Crippen LogP contribution < -0.4 is 5.73 Å². The Balaban J connectivity index is 3.63. The molecule has 0 fully saturated rings. The summed E-state index contributed by atoms with van der Waals surface area (Å²) in [6.45, 7) is 1.64. The fourth-order valence-corrected chi connectivity index (χ4v) is 1.63. The summed E-state index contributed by atoms with van der Waals surface area (Å²) in [5.41, 5.74) is 5.20. The van der Waals surface area contributed by atoms with Crippen molar-refractivity contribution in [3.8, 4) is 0 Å². The number of nitrogens with two attached hydrogens (primary N) is 1. The van der Waals surface area contributed by atoms with Crippen LogP contribution in [0.25, 0.3) is 0 Å². The van der Waals surface area contributed by atoms with E-state index in [-0.39, 0.29) is 11.5 Å². The van der Waals surface area contributed by atoms with Gasteiger partial charge in [-0.3, -0.25) is 0 Å². The molecule has 0 bridgehead atoms. The van der Waals surface area contributed by atoms with Crippen molar-refractivity contribution in [2.24, 2.45) is 5.73 Å². The zero-order chi connectivity index (χ0) is 8.91. The summed E-state index contributed by atoms with van der Waals surface area (Å²) in [4.78, 5) is 0.385. The van der Waals surface area contributed by atoms with E-state index in [0.717, 1.165) is 0 Å². The first kappa shape index (κ1) is 10.8. The summed E-state index contributed by atoms with van der Waals surface area (Å²) in [6, 6.07) is 0. The fraction of sp³-hybridized carbons (Fsp3) is 0.833. The first-order chi connectivity index (χ1) is 4.98. The van der Waals surface area contributed by atoms with E-state index in [1.807, 2.05) is 0 Å². The Morgan fingerprint density at radius 3 is 2.45 bits per heavy atom. The van der Waals surface area contributed by atoms with Crippen LogP contribution in [0.5, 0.6) is 0 Å². The molecule has 0 rings (SSSR count). The van der Waals surface area contributed by atoms with Gasteiger partial charge in [0.05, 0.1) is 10.7 Å². The average Bonchev–Trinajstić information content (AvgIpc) is 1.87. The number of thiocarbonyl (C=S) groups is 1. The zero-order valence-corrected chi connectivity index (χ0v) is 8.17. The van der Waals surface area contributed by atoms with E-state index in [4.69, 9.17) is 5.73 Å². The Bertz CT molecular complexity index is 221. The molecule has 0 saturated carbocycles. The Labute approximate surface area is 72.9 Å². The number of hydrogen-bond acceptors (Lipinski definition) is 3. The van der Waals surface area contributed by atoms with Crippen molar-refractivity contribution in [3.05, 3.63) is 0 Å². The van der Waals surface area contributed by atoms with E-state index in [0.29, 0.717) is 17.8 Å². The highest BCUT2D eigenvalue weighted by Crippen LogP contribution is 1.96. The highest BCUT2D eigenvalue weighted by Gasteiger charge is 2.06. The molecule has 5 heteroatoms. The topological polar surface area (TPSA) is 60.2 Å². The highest BCUT2D eigenvalue weighted by molar-refractivity contribution is 7.91. The first-order valence-electron chi connectivity index (χ1n) is 3.46. The van der Waals surface area contributed by atoms with Gasteiger partial charge < -0.3 is 5.73 Å². The van der Waals surface area contributed by atoms with Crippen molar-refractivity contribution < 1.29 is 8.42 Å². The van der Waals surface area contributed by atoms with Crippen LogP contribution in [-0.4, -0.2) is 24.9 Å². The Kier molecular flexibility index (Phi) is 4.60. The molecule has 0 spiro atoms. The largest absolute Gasteiger partial charge is 0.393 e. The van der Waals surface area contributed by atoms with E-state index in [2.05, 4.69) is 12.2 Å². The van der Waals surface area contributed by atoms with Crippen molar-refractivity contribution in [1.29, 1.82) is 0 Å². The van der Waals surface area contributed by atoms with Gasteiger partial charge in [-0.2, -0.15) is 0 Å². The second kappa shape index (κ2) is 4.66. The van der Waals surface area contributed by atoms with Gasteiger partial charge in [0.2, 0.25) is 0 Å². The molecule has 0 aromatic heterocycles. The van der Waals surface area contributed by atoms with Crippen molar-refractivity contribution in [2.75, 3.05) is 11.5 Å². The highest BCUT2D eigenvalue weighted by atomic mass is 32.2. The lowest BCUT2D eigenvalue weighted by Crippen LogP contribution is -2.13. The summed E-state index contributed by atoms with van der Waals surface area (Å²) in [6.07, 6.45) is 1.07. The van der Waals surface area contributed by atoms with Gasteiger partial charge in [0, 0.05) is 5.75 Å². The molecule has 0 aromatic carbocycles. The maximum Gasteiger partial charge on any atom is 0.150 e. The molecule has 0 aliphatic carbocycles. The van der Waals surface area contributed by atoms with Crippen LogP contribution >= 0.6 is 12.2 Å². The van der Waals surface area contributed by atoms with Gasteiger partial charge in [-0.05, 0) is 12.8 Å². The number of rotatable bonds is 5. The van der Waals surface area contributed by atoms with Crippen LogP contribution in [-0.2, 0) is 9.84 Å². The van der Waals surface area contributed by atoms with E-state index in [1.54, 1.807) is 6.92 Å². The Morgan fingerprint density at radius 1 is 1.55 bits per heavy atom. The van der Waals surface area contributed by atoms with Crippen molar-refractivity contribution in [1.82, 2.24) is 0 Å². The predicted octanol–water partition coefficient (Wildman–Crippen LogP) is 0.487. The Morgan fingerprint density at radius 2 is 2.09 bits per heavy atom. The quantitative estimate of drug-likeness (QED) is 0.648. The lowest BCUT2D eigenvalue weighted by atomic mass is 10.3. The third-order valence-corrected chi connectivity index (χ3v) is 3.31. The third kappa shape index (κ3) is 6.25. The standard InChI is InChI=1S/C6H13NO2S2/c1-2-11(8,9)5-3-4-6(7)10/h2-5H2,1H3,(H2,7,10). The van der Waals surface area contributed by atoms with Gasteiger partial charge in [-0.1, -0.05) is 19.1 Å². The molecule has 0 unspecified atom stereocenters. The molecule has 11 heavy (non-hydrogen) atoms. The third-order valence-electron chi connectivity index (χ3n) is 1.32.